The molecule has 2 aromatic carbocycles. The molecule has 0 spiro atoms. The van der Waals surface area contributed by atoms with E-state index in [1.54, 1.807) is 4.72 Å². The molecule has 0 aliphatic heterocycles. The fraction of sp³-hybridized carbons (Fsp3) is 0.235. The van der Waals surface area contributed by atoms with Gasteiger partial charge < -0.3 is 9.84 Å². The monoisotopic (exact) mass is 418 g/mol. The second kappa shape index (κ2) is 8.17. The third-order valence-corrected chi connectivity index (χ3v) is 5.25. The fourth-order valence-corrected chi connectivity index (χ4v) is 3.31. The number of sulfonamides is 1. The average molecular weight is 418 g/mol. The third-order valence-electron chi connectivity index (χ3n) is 3.83. The van der Waals surface area contributed by atoms with Crippen LogP contribution in [0, 0.1) is 0 Å². The summed E-state index contributed by atoms with van der Waals surface area (Å²) in [6, 6.07) is 10.8. The van der Waals surface area contributed by atoms with Gasteiger partial charge in [0.05, 0.1) is 18.6 Å². The number of nitrogens with one attached hydrogen (secondary N) is 2. The summed E-state index contributed by atoms with van der Waals surface area (Å²) < 4.78 is 71.1. The predicted octanol–water partition coefficient (Wildman–Crippen LogP) is 2.59. The first-order chi connectivity index (χ1) is 13.0. The highest BCUT2D eigenvalue weighted by molar-refractivity contribution is 7.89. The lowest BCUT2D eigenvalue weighted by molar-refractivity contribution is -0.263. The van der Waals surface area contributed by atoms with Gasteiger partial charge in [-0.1, -0.05) is 30.3 Å². The topological polar surface area (TPSA) is 105 Å². The van der Waals surface area contributed by atoms with Gasteiger partial charge in [-0.05, 0) is 29.8 Å². The summed E-state index contributed by atoms with van der Waals surface area (Å²) >= 11 is 0. The van der Waals surface area contributed by atoms with Gasteiger partial charge in [-0.15, -0.1) is 0 Å². The highest BCUT2D eigenvalue weighted by atomic mass is 32.2. The number of methoxy groups -OCH3 is 1. The number of carbonyl (C=O) groups excluding carboxylic acids is 1. The number of alkyl halides is 3. The molecule has 11 heteroatoms. The van der Waals surface area contributed by atoms with Gasteiger partial charge >= 0.3 is 12.3 Å². The summed E-state index contributed by atoms with van der Waals surface area (Å²) in [5.74, 6) is 0. The van der Waals surface area contributed by atoms with Gasteiger partial charge in [-0.3, -0.25) is 5.32 Å². The molecule has 7 nitrogen and oxygen atoms in total. The fourth-order valence-electron chi connectivity index (χ4n) is 2.25. The van der Waals surface area contributed by atoms with Gasteiger partial charge in [0.2, 0.25) is 10.0 Å². The van der Waals surface area contributed by atoms with E-state index in [4.69, 9.17) is 0 Å². The number of halogens is 3. The van der Waals surface area contributed by atoms with E-state index >= 15 is 0 Å². The standard InChI is InChI=1S/C17H17F3N2O5S/c1-27-15(23)22-13-7-9-14(10-8-13)28(25,26)21-11-16(24,17(18,19)20)12-5-3-2-4-6-12/h2-10,21,24H,11H2,1H3,(H,22,23). The summed E-state index contributed by atoms with van der Waals surface area (Å²) in [7, 11) is -3.22. The Morgan fingerprint density at radius 3 is 2.14 bits per heavy atom. The van der Waals surface area contributed by atoms with E-state index in [1.165, 1.54) is 30.3 Å². The second-order valence-corrected chi connectivity index (χ2v) is 7.46. The van der Waals surface area contributed by atoms with Gasteiger partial charge in [-0.25, -0.2) is 17.9 Å². The van der Waals surface area contributed by atoms with Gasteiger partial charge in [-0.2, -0.15) is 13.2 Å². The van der Waals surface area contributed by atoms with Crippen LogP contribution in [0.4, 0.5) is 23.7 Å². The quantitative estimate of drug-likeness (QED) is 0.669. The van der Waals surface area contributed by atoms with Crippen LogP contribution in [0.3, 0.4) is 0 Å². The Balaban J connectivity index is 2.22. The number of hydrogen-bond donors (Lipinski definition) is 3. The van der Waals surface area contributed by atoms with Crippen molar-refractivity contribution < 1.29 is 36.2 Å². The average Bonchev–Trinajstić information content (AvgIpc) is 2.66. The molecule has 0 heterocycles. The van der Waals surface area contributed by atoms with Crippen molar-refractivity contribution in [3.63, 3.8) is 0 Å². The van der Waals surface area contributed by atoms with Crippen molar-refractivity contribution in [1.82, 2.24) is 4.72 Å². The van der Waals surface area contributed by atoms with Gasteiger partial charge in [0.15, 0.2) is 5.60 Å². The molecular weight excluding hydrogens is 401 g/mol. The normalized spacial score (nSPS) is 14.2. The molecule has 0 aliphatic carbocycles. The summed E-state index contributed by atoms with van der Waals surface area (Å²) in [4.78, 5) is 10.8. The summed E-state index contributed by atoms with van der Waals surface area (Å²) in [5, 5.41) is 12.5. The van der Waals surface area contributed by atoms with Crippen molar-refractivity contribution in [3.8, 4) is 0 Å². The molecule has 152 valence electrons. The van der Waals surface area contributed by atoms with Gasteiger partial charge in [0, 0.05) is 5.69 Å². The zero-order chi connectivity index (χ0) is 21.0. The van der Waals surface area contributed by atoms with E-state index < -0.39 is 40.0 Å². The molecule has 0 saturated carbocycles. The summed E-state index contributed by atoms with van der Waals surface area (Å²) in [6.45, 7) is -1.31. The van der Waals surface area contributed by atoms with E-state index in [0.717, 1.165) is 31.4 Å². The van der Waals surface area contributed by atoms with E-state index in [9.17, 15) is 31.5 Å². The molecule has 0 bridgehead atoms. The molecular formula is C17H17F3N2O5S. The molecule has 0 fully saturated rings. The Bertz CT molecular complexity index is 918. The molecule has 2 rings (SSSR count). The molecule has 1 atom stereocenters. The van der Waals surface area contributed by atoms with Crippen LogP contribution in [0.25, 0.3) is 0 Å². The summed E-state index contributed by atoms with van der Waals surface area (Å²) in [5.41, 5.74) is -3.68. The lowest BCUT2D eigenvalue weighted by atomic mass is 9.93. The van der Waals surface area contributed by atoms with Gasteiger partial charge in [0.25, 0.3) is 0 Å². The van der Waals surface area contributed by atoms with Crippen LogP contribution in [0.2, 0.25) is 0 Å². The SMILES string of the molecule is COC(=O)Nc1ccc(S(=O)(=O)NCC(O)(c2ccccc2)C(F)(F)F)cc1. The van der Waals surface area contributed by atoms with E-state index in [2.05, 4.69) is 10.1 Å². The van der Waals surface area contributed by atoms with Crippen LogP contribution in [-0.2, 0) is 20.4 Å². The highest BCUT2D eigenvalue weighted by Gasteiger charge is 2.55. The number of anilines is 1. The van der Waals surface area contributed by atoms with E-state index in [-0.39, 0.29) is 10.6 Å². The Morgan fingerprint density at radius 1 is 1.07 bits per heavy atom. The lowest BCUT2D eigenvalue weighted by Gasteiger charge is -2.31. The minimum absolute atomic E-state index is 0.224. The first-order valence-corrected chi connectivity index (χ1v) is 9.27. The number of rotatable bonds is 6. The van der Waals surface area contributed by atoms with Crippen molar-refractivity contribution in [2.45, 2.75) is 16.7 Å². The highest BCUT2D eigenvalue weighted by Crippen LogP contribution is 2.38. The molecule has 2 aromatic rings. The zero-order valence-corrected chi connectivity index (χ0v) is 15.3. The summed E-state index contributed by atoms with van der Waals surface area (Å²) in [6.07, 6.45) is -5.89. The predicted molar refractivity (Wildman–Crippen MR) is 94.1 cm³/mol. The number of hydrogen-bond acceptors (Lipinski definition) is 5. The van der Waals surface area contributed by atoms with Crippen LogP contribution in [0.1, 0.15) is 5.56 Å². The molecule has 1 amide bonds. The van der Waals surface area contributed by atoms with Crippen molar-refractivity contribution >= 4 is 21.8 Å². The van der Waals surface area contributed by atoms with Crippen molar-refractivity contribution in [3.05, 3.63) is 60.2 Å². The largest absolute Gasteiger partial charge is 0.453 e. The van der Waals surface area contributed by atoms with Crippen molar-refractivity contribution in [2.24, 2.45) is 0 Å². The van der Waals surface area contributed by atoms with Crippen LogP contribution >= 0.6 is 0 Å². The van der Waals surface area contributed by atoms with Crippen molar-refractivity contribution in [1.29, 1.82) is 0 Å². The maximum absolute atomic E-state index is 13.4. The van der Waals surface area contributed by atoms with Crippen LogP contribution in [0.5, 0.6) is 0 Å². The van der Waals surface area contributed by atoms with E-state index in [1.807, 2.05) is 0 Å². The lowest BCUT2D eigenvalue weighted by Crippen LogP contribution is -2.51. The molecule has 0 saturated heterocycles. The molecule has 0 radical (unpaired) electrons. The van der Waals surface area contributed by atoms with Crippen LogP contribution in [-0.4, -0.2) is 39.4 Å². The molecule has 0 aromatic heterocycles. The van der Waals surface area contributed by atoms with E-state index in [0.29, 0.717) is 0 Å². The number of amides is 1. The van der Waals surface area contributed by atoms with Gasteiger partial charge in [0.1, 0.15) is 0 Å². The zero-order valence-electron chi connectivity index (χ0n) is 14.5. The first kappa shape index (κ1) is 21.7. The number of benzene rings is 2. The Labute approximate surface area is 159 Å². The molecule has 3 N–H and O–H groups in total. The number of ether oxygens (including phenoxy) is 1. The Morgan fingerprint density at radius 2 is 1.64 bits per heavy atom. The Hall–Kier alpha value is -2.63. The number of carbonyl (C=O) groups is 1. The maximum Gasteiger partial charge on any atom is 0.422 e. The molecule has 0 aliphatic rings. The third kappa shape index (κ3) is 4.80. The minimum atomic E-state index is -5.12. The van der Waals surface area contributed by atoms with Crippen molar-refractivity contribution in [2.75, 3.05) is 19.0 Å². The molecule has 1 unspecified atom stereocenters. The second-order valence-electron chi connectivity index (χ2n) is 5.69. The van der Waals surface area contributed by atoms with Crippen LogP contribution < -0.4 is 10.0 Å². The van der Waals surface area contributed by atoms with Crippen LogP contribution in [0.15, 0.2) is 59.5 Å². The Kier molecular flexibility index (Phi) is 6.32. The smallest absolute Gasteiger partial charge is 0.422 e. The minimum Gasteiger partial charge on any atom is -0.453 e. The molecule has 28 heavy (non-hydrogen) atoms. The first-order valence-electron chi connectivity index (χ1n) is 7.79. The maximum atomic E-state index is 13.4. The number of aliphatic hydroxyl groups is 1.